The van der Waals surface area contributed by atoms with Crippen molar-refractivity contribution in [3.63, 3.8) is 0 Å². The Hall–Kier alpha value is -2.09. The molecule has 2 saturated heterocycles. The van der Waals surface area contributed by atoms with Crippen LogP contribution in [-0.4, -0.2) is 64.4 Å². The maximum Gasteiger partial charge on any atom is 0.240 e. The summed E-state index contributed by atoms with van der Waals surface area (Å²) in [5.74, 6) is -1.28. The normalized spacial score (nSPS) is 33.0. The quantitative estimate of drug-likeness (QED) is 0.719. The summed E-state index contributed by atoms with van der Waals surface area (Å²) in [6.45, 7) is 1.44. The Labute approximate surface area is 164 Å². The first-order valence-corrected chi connectivity index (χ1v) is 10.0. The molecule has 7 heteroatoms. The monoisotopic (exact) mass is 386 g/mol. The number of carbonyl (C=O) groups excluding carboxylic acids is 3. The topological polar surface area (TPSA) is 95.9 Å². The number of nitrogens with zero attached hydrogens (tertiary/aromatic N) is 1. The molecular weight excluding hydrogens is 360 g/mol. The summed E-state index contributed by atoms with van der Waals surface area (Å²) in [4.78, 5) is 40.1. The largest absolute Gasteiger partial charge is 0.373 e. The SMILES string of the molecule is O=C([C@@H]1CCCN1)N1CCC[C@H]1C1(O)C(=O)CC(OCc2ccccc2)C1=O. The highest BCUT2D eigenvalue weighted by Gasteiger charge is 2.61. The molecule has 2 aliphatic heterocycles. The van der Waals surface area contributed by atoms with Gasteiger partial charge in [0.05, 0.1) is 18.7 Å². The Balaban J connectivity index is 1.48. The van der Waals surface area contributed by atoms with Gasteiger partial charge in [-0.2, -0.15) is 0 Å². The van der Waals surface area contributed by atoms with E-state index in [0.717, 1.165) is 24.9 Å². The van der Waals surface area contributed by atoms with Gasteiger partial charge in [0, 0.05) is 13.0 Å². The highest BCUT2D eigenvalue weighted by Crippen LogP contribution is 2.37. The predicted molar refractivity (Wildman–Crippen MR) is 100 cm³/mol. The number of likely N-dealkylation sites (tertiary alicyclic amines) is 1. The van der Waals surface area contributed by atoms with Gasteiger partial charge in [0.25, 0.3) is 0 Å². The summed E-state index contributed by atoms with van der Waals surface area (Å²) in [5, 5.41) is 14.3. The Kier molecular flexibility index (Phi) is 5.31. The number of carbonyl (C=O) groups is 3. The highest BCUT2D eigenvalue weighted by atomic mass is 16.5. The number of nitrogens with one attached hydrogen (secondary N) is 1. The summed E-state index contributed by atoms with van der Waals surface area (Å²) < 4.78 is 5.68. The lowest BCUT2D eigenvalue weighted by Crippen LogP contribution is -2.60. The molecule has 1 aromatic rings. The van der Waals surface area contributed by atoms with Gasteiger partial charge < -0.3 is 20.1 Å². The van der Waals surface area contributed by atoms with Crippen LogP contribution >= 0.6 is 0 Å². The molecule has 4 atom stereocenters. The van der Waals surface area contributed by atoms with Gasteiger partial charge in [-0.3, -0.25) is 14.4 Å². The molecule has 1 aliphatic carbocycles. The van der Waals surface area contributed by atoms with Crippen molar-refractivity contribution in [1.82, 2.24) is 10.2 Å². The van der Waals surface area contributed by atoms with Crippen LogP contribution in [0.3, 0.4) is 0 Å². The summed E-state index contributed by atoms with van der Waals surface area (Å²) >= 11 is 0. The van der Waals surface area contributed by atoms with Crippen LogP contribution in [0.25, 0.3) is 0 Å². The second-order valence-electron chi connectivity index (χ2n) is 7.88. The number of amides is 1. The molecule has 7 nitrogen and oxygen atoms in total. The Morgan fingerprint density at radius 2 is 2.00 bits per heavy atom. The average Bonchev–Trinajstić information content (AvgIpc) is 3.45. The van der Waals surface area contributed by atoms with E-state index >= 15 is 0 Å². The molecule has 150 valence electrons. The zero-order chi connectivity index (χ0) is 19.7. The number of aliphatic hydroxyl groups is 1. The highest BCUT2D eigenvalue weighted by molar-refractivity contribution is 6.19. The fourth-order valence-electron chi connectivity index (χ4n) is 4.62. The first-order chi connectivity index (χ1) is 13.5. The van der Waals surface area contributed by atoms with Crippen molar-refractivity contribution in [3.8, 4) is 0 Å². The van der Waals surface area contributed by atoms with E-state index in [1.807, 2.05) is 30.3 Å². The van der Waals surface area contributed by atoms with E-state index in [4.69, 9.17) is 4.74 Å². The van der Waals surface area contributed by atoms with Crippen LogP contribution in [0.1, 0.15) is 37.7 Å². The van der Waals surface area contributed by atoms with Crippen LogP contribution in [0, 0.1) is 0 Å². The van der Waals surface area contributed by atoms with E-state index in [0.29, 0.717) is 19.4 Å². The van der Waals surface area contributed by atoms with Crippen molar-refractivity contribution in [2.24, 2.45) is 0 Å². The number of ether oxygens (including phenoxy) is 1. The summed E-state index contributed by atoms with van der Waals surface area (Å²) in [5.41, 5.74) is -1.27. The van der Waals surface area contributed by atoms with Crippen molar-refractivity contribution in [1.29, 1.82) is 0 Å². The molecule has 2 unspecified atom stereocenters. The number of rotatable bonds is 5. The molecule has 2 N–H and O–H groups in total. The molecule has 28 heavy (non-hydrogen) atoms. The zero-order valence-corrected chi connectivity index (χ0v) is 15.8. The van der Waals surface area contributed by atoms with E-state index in [9.17, 15) is 19.5 Å². The summed E-state index contributed by atoms with van der Waals surface area (Å²) in [7, 11) is 0. The third-order valence-electron chi connectivity index (χ3n) is 6.13. The minimum absolute atomic E-state index is 0.123. The number of Topliss-reactive ketones (excluding diaryl/α,β-unsaturated/α-hetero) is 2. The molecule has 1 amide bonds. The van der Waals surface area contributed by atoms with Crippen LogP contribution in [0.4, 0.5) is 0 Å². The van der Waals surface area contributed by atoms with Gasteiger partial charge in [-0.15, -0.1) is 0 Å². The van der Waals surface area contributed by atoms with E-state index in [1.54, 1.807) is 4.90 Å². The Morgan fingerprint density at radius 3 is 2.71 bits per heavy atom. The first kappa shape index (κ1) is 19.2. The van der Waals surface area contributed by atoms with Crippen LogP contribution in [-0.2, 0) is 25.7 Å². The van der Waals surface area contributed by atoms with Crippen LogP contribution < -0.4 is 5.32 Å². The average molecular weight is 386 g/mol. The van der Waals surface area contributed by atoms with Crippen molar-refractivity contribution in [2.45, 2.75) is 62.5 Å². The van der Waals surface area contributed by atoms with Crippen molar-refractivity contribution < 1.29 is 24.2 Å². The van der Waals surface area contributed by atoms with Crippen molar-refractivity contribution in [2.75, 3.05) is 13.1 Å². The standard InChI is InChI=1S/C21H26N2O5/c24-18-12-16(28-13-14-6-2-1-3-7-14)19(25)21(18,27)17-9-5-11-23(17)20(26)15-8-4-10-22-15/h1-3,6-7,15-17,22,27H,4-5,8-13H2/t15-,16?,17-,21?/m0/s1. The second-order valence-corrected chi connectivity index (χ2v) is 7.88. The molecule has 1 aromatic carbocycles. The smallest absolute Gasteiger partial charge is 0.240 e. The van der Waals surface area contributed by atoms with Crippen LogP contribution in [0.15, 0.2) is 30.3 Å². The van der Waals surface area contributed by atoms with Crippen LogP contribution in [0.2, 0.25) is 0 Å². The lowest BCUT2D eigenvalue weighted by atomic mass is 9.88. The minimum Gasteiger partial charge on any atom is -0.373 e. The van der Waals surface area contributed by atoms with E-state index in [-0.39, 0.29) is 25.0 Å². The van der Waals surface area contributed by atoms with Gasteiger partial charge in [-0.25, -0.2) is 0 Å². The molecule has 3 fully saturated rings. The van der Waals surface area contributed by atoms with Gasteiger partial charge in [0.1, 0.15) is 6.10 Å². The fraction of sp³-hybridized carbons (Fsp3) is 0.571. The molecule has 0 radical (unpaired) electrons. The number of ketones is 2. The fourth-order valence-corrected chi connectivity index (χ4v) is 4.62. The first-order valence-electron chi connectivity index (χ1n) is 10.0. The van der Waals surface area contributed by atoms with E-state index in [1.165, 1.54) is 0 Å². The van der Waals surface area contributed by atoms with Crippen LogP contribution in [0.5, 0.6) is 0 Å². The van der Waals surface area contributed by atoms with Gasteiger partial charge in [-0.05, 0) is 37.8 Å². The maximum absolute atomic E-state index is 13.0. The summed E-state index contributed by atoms with van der Waals surface area (Å²) in [6, 6.07) is 8.29. The second kappa shape index (κ2) is 7.73. The zero-order valence-electron chi connectivity index (χ0n) is 15.8. The molecule has 4 rings (SSSR count). The van der Waals surface area contributed by atoms with E-state index < -0.39 is 29.3 Å². The Bertz CT molecular complexity index is 761. The van der Waals surface area contributed by atoms with Gasteiger partial charge in [0.2, 0.25) is 17.3 Å². The molecule has 2 heterocycles. The lowest BCUT2D eigenvalue weighted by Gasteiger charge is -2.35. The molecular formula is C21H26N2O5. The van der Waals surface area contributed by atoms with E-state index in [2.05, 4.69) is 5.32 Å². The van der Waals surface area contributed by atoms with Crippen molar-refractivity contribution >= 4 is 17.5 Å². The lowest BCUT2D eigenvalue weighted by molar-refractivity contribution is -0.157. The third kappa shape index (κ3) is 3.27. The molecule has 1 saturated carbocycles. The minimum atomic E-state index is -2.16. The number of benzene rings is 1. The van der Waals surface area contributed by atoms with Gasteiger partial charge >= 0.3 is 0 Å². The molecule has 3 aliphatic rings. The maximum atomic E-state index is 13.0. The predicted octanol–water partition coefficient (Wildman–Crippen LogP) is 0.588. The molecule has 0 bridgehead atoms. The summed E-state index contributed by atoms with van der Waals surface area (Å²) in [6.07, 6.45) is 1.65. The third-order valence-corrected chi connectivity index (χ3v) is 6.13. The van der Waals surface area contributed by atoms with Crippen molar-refractivity contribution in [3.05, 3.63) is 35.9 Å². The van der Waals surface area contributed by atoms with Gasteiger partial charge in [-0.1, -0.05) is 30.3 Å². The molecule has 0 aromatic heterocycles. The number of hydrogen-bond donors (Lipinski definition) is 2. The Morgan fingerprint density at radius 1 is 1.21 bits per heavy atom. The van der Waals surface area contributed by atoms with Gasteiger partial charge in [0.15, 0.2) is 5.78 Å². The molecule has 0 spiro atoms. The number of hydrogen-bond acceptors (Lipinski definition) is 6.